The number of carbonyl (C=O) groups is 1. The zero-order chi connectivity index (χ0) is 8.36. The number of alkyl halides is 4. The SMILES string of the molecule is O=C(Cl)CC(Cl)C(F)(F)F. The fourth-order valence-corrected chi connectivity index (χ4v) is 0.630. The standard InChI is InChI=1S/C4H3Cl2F3O/c5-2(1-3(6)10)4(7,8)9/h2H,1H2. The molecular weight excluding hydrogens is 192 g/mol. The smallest absolute Gasteiger partial charge is 0.281 e. The molecule has 0 aliphatic carbocycles. The van der Waals surface area contributed by atoms with E-state index in [-0.39, 0.29) is 0 Å². The van der Waals surface area contributed by atoms with Gasteiger partial charge in [-0.3, -0.25) is 4.79 Å². The summed E-state index contributed by atoms with van der Waals surface area (Å²) in [6, 6.07) is 0. The lowest BCUT2D eigenvalue weighted by Gasteiger charge is -2.09. The Hall–Kier alpha value is 0.0400. The van der Waals surface area contributed by atoms with Crippen molar-refractivity contribution in [1.82, 2.24) is 0 Å². The highest BCUT2D eigenvalue weighted by Gasteiger charge is 2.38. The van der Waals surface area contributed by atoms with E-state index in [1.165, 1.54) is 0 Å². The molecule has 0 saturated carbocycles. The van der Waals surface area contributed by atoms with E-state index < -0.39 is 23.2 Å². The van der Waals surface area contributed by atoms with Crippen molar-refractivity contribution in [3.8, 4) is 0 Å². The fourth-order valence-electron chi connectivity index (χ4n) is 0.257. The third kappa shape index (κ3) is 3.95. The van der Waals surface area contributed by atoms with Crippen LogP contribution >= 0.6 is 23.2 Å². The van der Waals surface area contributed by atoms with Gasteiger partial charge in [0.2, 0.25) is 5.24 Å². The molecule has 1 atom stereocenters. The Morgan fingerprint density at radius 1 is 1.50 bits per heavy atom. The van der Waals surface area contributed by atoms with Crippen molar-refractivity contribution in [3.63, 3.8) is 0 Å². The second-order valence-corrected chi connectivity index (χ2v) is 2.52. The summed E-state index contributed by atoms with van der Waals surface area (Å²) in [5.41, 5.74) is 0. The molecule has 0 aromatic rings. The lowest BCUT2D eigenvalue weighted by atomic mass is 10.3. The van der Waals surface area contributed by atoms with Gasteiger partial charge in [0.25, 0.3) is 0 Å². The Morgan fingerprint density at radius 2 is 1.90 bits per heavy atom. The van der Waals surface area contributed by atoms with Crippen molar-refractivity contribution in [3.05, 3.63) is 0 Å². The largest absolute Gasteiger partial charge is 0.405 e. The first-order chi connectivity index (χ1) is 4.34. The molecule has 1 nitrogen and oxygen atoms in total. The molecule has 0 aliphatic rings. The van der Waals surface area contributed by atoms with E-state index in [4.69, 9.17) is 11.6 Å². The number of rotatable bonds is 2. The van der Waals surface area contributed by atoms with Crippen LogP contribution in [0.25, 0.3) is 0 Å². The Bertz CT molecular complexity index is 133. The molecule has 0 fully saturated rings. The van der Waals surface area contributed by atoms with E-state index >= 15 is 0 Å². The predicted octanol–water partition coefficient (Wildman–Crippen LogP) is 2.31. The van der Waals surface area contributed by atoms with Crippen LogP contribution in [0.3, 0.4) is 0 Å². The second kappa shape index (κ2) is 3.44. The van der Waals surface area contributed by atoms with E-state index in [9.17, 15) is 18.0 Å². The van der Waals surface area contributed by atoms with Crippen molar-refractivity contribution >= 4 is 28.4 Å². The maximum Gasteiger partial charge on any atom is 0.405 e. The minimum absolute atomic E-state index is 0.882. The lowest BCUT2D eigenvalue weighted by Crippen LogP contribution is -2.24. The topological polar surface area (TPSA) is 17.1 Å². The van der Waals surface area contributed by atoms with E-state index in [1.807, 2.05) is 0 Å². The summed E-state index contributed by atoms with van der Waals surface area (Å²) in [5.74, 6) is 0. The van der Waals surface area contributed by atoms with Gasteiger partial charge < -0.3 is 0 Å². The average molecular weight is 195 g/mol. The highest BCUT2D eigenvalue weighted by molar-refractivity contribution is 6.63. The van der Waals surface area contributed by atoms with E-state index in [0.29, 0.717) is 0 Å². The van der Waals surface area contributed by atoms with Gasteiger partial charge in [-0.2, -0.15) is 13.2 Å². The molecule has 1 unspecified atom stereocenters. The third-order valence-electron chi connectivity index (χ3n) is 0.695. The molecule has 0 radical (unpaired) electrons. The van der Waals surface area contributed by atoms with Crippen LogP contribution in [0.5, 0.6) is 0 Å². The predicted molar refractivity (Wildman–Crippen MR) is 31.2 cm³/mol. The van der Waals surface area contributed by atoms with Crippen LogP contribution in [0.4, 0.5) is 13.2 Å². The maximum atomic E-state index is 11.5. The van der Waals surface area contributed by atoms with Crippen molar-refractivity contribution in [1.29, 1.82) is 0 Å². The molecule has 0 spiro atoms. The fraction of sp³-hybridized carbons (Fsp3) is 0.750. The molecule has 0 aromatic carbocycles. The lowest BCUT2D eigenvalue weighted by molar-refractivity contribution is -0.137. The summed E-state index contributed by atoms with van der Waals surface area (Å²) in [7, 11) is 0. The maximum absolute atomic E-state index is 11.5. The molecule has 0 N–H and O–H groups in total. The molecule has 10 heavy (non-hydrogen) atoms. The monoisotopic (exact) mass is 194 g/mol. The van der Waals surface area contributed by atoms with Gasteiger partial charge in [0, 0.05) is 6.42 Å². The molecule has 0 rings (SSSR count). The van der Waals surface area contributed by atoms with E-state index in [0.717, 1.165) is 0 Å². The molecule has 0 amide bonds. The summed E-state index contributed by atoms with van der Waals surface area (Å²) in [6.07, 6.45) is -5.43. The summed E-state index contributed by atoms with van der Waals surface area (Å²) < 4.78 is 34.4. The van der Waals surface area contributed by atoms with Gasteiger partial charge >= 0.3 is 6.18 Å². The molecule has 0 aliphatic heterocycles. The second-order valence-electron chi connectivity index (χ2n) is 1.57. The summed E-state index contributed by atoms with van der Waals surface area (Å²) in [5, 5.41) is -3.25. The van der Waals surface area contributed by atoms with Gasteiger partial charge in [-0.15, -0.1) is 11.6 Å². The summed E-state index contributed by atoms with van der Waals surface area (Å²) in [4.78, 5) is 9.88. The van der Waals surface area contributed by atoms with Gasteiger partial charge in [-0.25, -0.2) is 0 Å². The molecule has 0 heterocycles. The van der Waals surface area contributed by atoms with Gasteiger partial charge in [-0.1, -0.05) is 0 Å². The van der Waals surface area contributed by atoms with Crippen LogP contribution in [0, 0.1) is 0 Å². The quantitative estimate of drug-likeness (QED) is 0.488. The highest BCUT2D eigenvalue weighted by atomic mass is 35.5. The zero-order valence-electron chi connectivity index (χ0n) is 4.58. The van der Waals surface area contributed by atoms with Crippen LogP contribution in [-0.4, -0.2) is 16.8 Å². The molecule has 60 valence electrons. The molecular formula is C4H3Cl2F3O. The first-order valence-electron chi connectivity index (χ1n) is 2.23. The summed E-state index contributed by atoms with van der Waals surface area (Å²) in [6.45, 7) is 0. The number of hydrogen-bond acceptors (Lipinski definition) is 1. The highest BCUT2D eigenvalue weighted by Crippen LogP contribution is 2.27. The van der Waals surface area contributed by atoms with Gasteiger partial charge in [-0.05, 0) is 11.6 Å². The van der Waals surface area contributed by atoms with E-state index in [1.54, 1.807) is 0 Å². The number of carbonyl (C=O) groups excluding carboxylic acids is 1. The first kappa shape index (κ1) is 10.0. The van der Waals surface area contributed by atoms with Gasteiger partial charge in [0.05, 0.1) is 0 Å². The first-order valence-corrected chi connectivity index (χ1v) is 3.04. The zero-order valence-corrected chi connectivity index (χ0v) is 6.09. The van der Waals surface area contributed by atoms with Gasteiger partial charge in [0.15, 0.2) is 0 Å². The Labute approximate surface area is 65.1 Å². The van der Waals surface area contributed by atoms with Crippen molar-refractivity contribution in [2.75, 3.05) is 0 Å². The Kier molecular flexibility index (Phi) is 3.45. The van der Waals surface area contributed by atoms with Crippen LogP contribution in [0.1, 0.15) is 6.42 Å². The van der Waals surface area contributed by atoms with E-state index in [2.05, 4.69) is 11.6 Å². The normalized spacial score (nSPS) is 14.9. The molecule has 0 saturated heterocycles. The number of halogens is 5. The van der Waals surface area contributed by atoms with Crippen molar-refractivity contribution < 1.29 is 18.0 Å². The van der Waals surface area contributed by atoms with Crippen molar-refractivity contribution in [2.45, 2.75) is 18.0 Å². The third-order valence-corrected chi connectivity index (χ3v) is 1.25. The van der Waals surface area contributed by atoms with Gasteiger partial charge in [0.1, 0.15) is 5.38 Å². The molecule has 6 heteroatoms. The molecule has 0 aromatic heterocycles. The number of hydrogen-bond donors (Lipinski definition) is 0. The minimum Gasteiger partial charge on any atom is -0.281 e. The molecule has 0 bridgehead atoms. The van der Waals surface area contributed by atoms with Crippen LogP contribution in [0.15, 0.2) is 0 Å². The minimum atomic E-state index is -4.55. The van der Waals surface area contributed by atoms with Crippen molar-refractivity contribution in [2.24, 2.45) is 0 Å². The average Bonchev–Trinajstić information content (AvgIpc) is 1.60. The Balaban J connectivity index is 3.85. The van der Waals surface area contributed by atoms with Crippen LogP contribution in [-0.2, 0) is 4.79 Å². The van der Waals surface area contributed by atoms with Crippen LogP contribution in [0.2, 0.25) is 0 Å². The summed E-state index contributed by atoms with van der Waals surface area (Å²) >= 11 is 9.38. The Morgan fingerprint density at radius 3 is 2.00 bits per heavy atom. The van der Waals surface area contributed by atoms with Crippen LogP contribution < -0.4 is 0 Å².